The zero-order valence-electron chi connectivity index (χ0n) is 73.8. The van der Waals surface area contributed by atoms with Crippen LogP contribution < -0.4 is 0 Å². The fourth-order valence-electron chi connectivity index (χ4n) is 32.5. The highest BCUT2D eigenvalue weighted by atomic mass is 16.9. The fourth-order valence-corrected chi connectivity index (χ4v) is 32.5. The lowest BCUT2D eigenvalue weighted by Gasteiger charge is -2.62. The molecular formula is C98H144O20. The lowest BCUT2D eigenvalue weighted by Crippen LogP contribution is -2.66. The number of hydrogen-bond acceptors (Lipinski definition) is 20. The molecule has 20 nitrogen and oxygen atoms in total. The highest BCUT2D eigenvalue weighted by Crippen LogP contribution is 2.76. The normalized spacial score (nSPS) is 52.4. The molecule has 0 aromatic carbocycles. The summed E-state index contributed by atoms with van der Waals surface area (Å²) in [4.78, 5) is 48.9. The molecule has 4 spiro atoms. The first-order valence-corrected chi connectivity index (χ1v) is 45.8. The minimum Gasteiger partial charge on any atom is -0.393 e. The Kier molecular flexibility index (Phi) is 23.7. The number of aliphatic hydroxyl groups is 8. The van der Waals surface area contributed by atoms with Gasteiger partial charge in [0.05, 0.1) is 24.4 Å². The van der Waals surface area contributed by atoms with E-state index in [0.29, 0.717) is 86.7 Å². The van der Waals surface area contributed by atoms with Crippen molar-refractivity contribution in [1.82, 2.24) is 0 Å². The molecule has 20 aliphatic rings. The molecule has 0 aromatic heterocycles. The topological polar surface area (TPSA) is 304 Å². The van der Waals surface area contributed by atoms with E-state index in [0.717, 1.165) is 89.0 Å². The fraction of sp³-hybridized carbons (Fsp3) is 0.796. The predicted molar refractivity (Wildman–Crippen MR) is 444 cm³/mol. The second kappa shape index (κ2) is 31.5. The summed E-state index contributed by atoms with van der Waals surface area (Å²) < 4.78 is 48.3. The maximum atomic E-state index is 12.4. The quantitative estimate of drug-likeness (QED) is 0.121. The molecule has 20 heteroatoms. The van der Waals surface area contributed by atoms with Gasteiger partial charge in [-0.2, -0.15) is 0 Å². The number of ether oxygens (including phenoxy) is 8. The molecule has 118 heavy (non-hydrogen) atoms. The van der Waals surface area contributed by atoms with Crippen LogP contribution in [0.4, 0.5) is 0 Å². The summed E-state index contributed by atoms with van der Waals surface area (Å²) in [6.45, 7) is 35.4. The van der Waals surface area contributed by atoms with Gasteiger partial charge in [0, 0.05) is 67.0 Å². The summed E-state index contributed by atoms with van der Waals surface area (Å²) in [6, 6.07) is 0. The Labute approximate surface area is 701 Å². The van der Waals surface area contributed by atoms with Crippen LogP contribution >= 0.6 is 0 Å². The van der Waals surface area contributed by atoms with Crippen LogP contribution in [0.25, 0.3) is 0 Å². The Morgan fingerprint density at radius 2 is 0.695 bits per heavy atom. The van der Waals surface area contributed by atoms with E-state index in [1.54, 1.807) is 23.8 Å². The molecule has 4 heterocycles. The van der Waals surface area contributed by atoms with Gasteiger partial charge in [0.1, 0.15) is 48.8 Å². The van der Waals surface area contributed by atoms with E-state index in [9.17, 15) is 60.0 Å². The maximum absolute atomic E-state index is 12.4. The van der Waals surface area contributed by atoms with Gasteiger partial charge in [-0.25, -0.2) is 0 Å². The maximum Gasteiger partial charge on any atom is 0.226 e. The summed E-state index contributed by atoms with van der Waals surface area (Å²) in [7, 11) is 0. The van der Waals surface area contributed by atoms with Crippen LogP contribution in [0.2, 0.25) is 0 Å². The summed E-state index contributed by atoms with van der Waals surface area (Å²) >= 11 is 0. The van der Waals surface area contributed by atoms with E-state index < -0.39 is 87.9 Å². The molecule has 34 atom stereocenters. The van der Waals surface area contributed by atoms with Crippen molar-refractivity contribution in [3.05, 3.63) is 95.2 Å². The third kappa shape index (κ3) is 12.5. The second-order valence-corrected chi connectivity index (χ2v) is 42.5. The van der Waals surface area contributed by atoms with Crippen molar-refractivity contribution in [2.24, 2.45) is 138 Å². The van der Waals surface area contributed by atoms with Crippen molar-refractivity contribution < 1.29 is 97.9 Å². The molecule has 0 radical (unpaired) electrons. The number of carbonyl (C=O) groups excluding carboxylic acids is 4. The molecule has 4 aliphatic heterocycles. The average Bonchev–Trinajstić information content (AvgIpc) is 1.45. The minimum absolute atomic E-state index is 0.00620. The largest absolute Gasteiger partial charge is 0.393 e. The molecule has 0 amide bonds. The van der Waals surface area contributed by atoms with Crippen LogP contribution in [-0.4, -0.2) is 176 Å². The van der Waals surface area contributed by atoms with Crippen LogP contribution in [-0.2, 0) is 57.1 Å². The first kappa shape index (κ1) is 88.8. The Morgan fingerprint density at radius 1 is 0.407 bits per heavy atom. The molecule has 656 valence electrons. The standard InChI is InChI=1S/C24H32O6.C24H34O5.C22H30O5.C22H32O4.2C3H8/c1-14-8-16-17-5-7-23(24(30-13-28-23)11-27-12-29-24)22(17,3)10-19(26)20(16)21(2)6-4-15(25)9-18(14)21;1-15-10-16-18-7-9-23(24(29-14-27-23)12-26-13-28-24)22(18,3)11-19(25)20(16)21(2)8-5-4-6-17(15)21;1-12-8-14-15-5-7-22(27,18(26)11-23)21(15,3)10-17(25)19(14)20(2)6-4-13(24)9-16(12)20;1-13-10-14-16-7-9-22(26,18(25)12-23)21(16,3)11-17(24)19(14)20(2)8-5-4-6-15(13)20;2*1-3-2/h4,6,9,14,16-17,19-20,26H,5,7-8,10-13H2,1-3H3;5-6,8,15-16,18-20,25H,4,7,9-14H2,1-3H3;4,6,9,12,14-15,17,19,23,25,27H,5,7-8,10-11H2,1-3H3;5-6,8,13-14,16-17,19,23-24,26H,4,7,9-12H2,1-3H3;2*3H2,1-2H3/t14-,16-,17-,19-,20+,21-,22-,23+,24?;15-,16-,18-,19-,20+,21-,22-,23+,24?;12-,14-,15-,17-,19+,20-,21-,22-;13-,14-,16-,17-,19+,20-,21-,22-;;/m0000../s1. The average molecular weight is 1640 g/mol. The summed E-state index contributed by atoms with van der Waals surface area (Å²) in [5.74, 6) is 1.87. The van der Waals surface area contributed by atoms with Crippen LogP contribution in [0.5, 0.6) is 0 Å². The van der Waals surface area contributed by atoms with Crippen molar-refractivity contribution in [2.45, 2.75) is 298 Å². The number of fused-ring (bicyclic) bond motifs is 24. The Balaban J connectivity index is 0.000000120. The predicted octanol–water partition coefficient (Wildman–Crippen LogP) is 14.0. The molecule has 0 bridgehead atoms. The van der Waals surface area contributed by atoms with Gasteiger partial charge in [-0.15, -0.1) is 0 Å². The van der Waals surface area contributed by atoms with Crippen LogP contribution in [0.15, 0.2) is 95.2 Å². The Morgan fingerprint density at radius 3 is 1.01 bits per heavy atom. The highest BCUT2D eigenvalue weighted by molar-refractivity contribution is 6.02. The monoisotopic (exact) mass is 1640 g/mol. The van der Waals surface area contributed by atoms with Gasteiger partial charge in [0.25, 0.3) is 0 Å². The molecule has 0 aromatic rings. The van der Waals surface area contributed by atoms with Crippen LogP contribution in [0.1, 0.15) is 239 Å². The summed E-state index contributed by atoms with van der Waals surface area (Å²) in [6.07, 6.45) is 39.5. The second-order valence-electron chi connectivity index (χ2n) is 42.5. The van der Waals surface area contributed by atoms with E-state index in [2.05, 4.69) is 139 Å². The molecule has 12 saturated carbocycles. The molecular weight excluding hydrogens is 1500 g/mol. The first-order chi connectivity index (χ1) is 55.7. The number of Topliss-reactive ketones (excluding diaryl/α,β-unsaturated/α-hetero) is 2. The smallest absolute Gasteiger partial charge is 0.226 e. The SMILES string of the molecule is CCC.CCC.C[C@H]1C[C@@H]2[C@H]([C@@H](O)C[C@@]3(C)[C@H]2CC[C@@]32OCOC23COCO3)[C@@]2(C)C=CC(=O)C=C12.C[C@H]1C[C@@H]2[C@H]([C@@H](O)C[C@@]3(C)[C@H]2CC[C@@]32OCOC23COCO3)[C@@]2(C)C=CCC=C12.C[C@H]1C[C@@H]2[C@H]([C@@H](O)C[C@@]3(C)[C@H]2CC[C@]3(O)C(=O)CO)[C@@]2(C)C=CC(=O)C=C12.C[C@H]1C[C@@H]2[C@H]([C@@H](O)C[C@@]3(C)[C@H]2CC[C@]3(O)C(=O)CO)[C@@]2(C)C=CCC=C12. The molecule has 4 saturated heterocycles. The zero-order chi connectivity index (χ0) is 85.1. The van der Waals surface area contributed by atoms with E-state index in [4.69, 9.17) is 37.9 Å². The molecule has 20 rings (SSSR count). The number of rotatable bonds is 4. The number of carbonyl (C=O) groups is 4. The van der Waals surface area contributed by atoms with Gasteiger partial charge < -0.3 is 78.7 Å². The van der Waals surface area contributed by atoms with Gasteiger partial charge >= 0.3 is 0 Å². The van der Waals surface area contributed by atoms with Crippen LogP contribution in [0.3, 0.4) is 0 Å². The highest BCUT2D eigenvalue weighted by Gasteiger charge is 2.80. The van der Waals surface area contributed by atoms with E-state index in [1.165, 1.54) is 24.0 Å². The molecule has 8 N–H and O–H groups in total. The summed E-state index contributed by atoms with van der Waals surface area (Å²) in [5, 5.41) is 87.0. The lowest BCUT2D eigenvalue weighted by molar-refractivity contribution is -0.257. The van der Waals surface area contributed by atoms with Gasteiger partial charge in [-0.3, -0.25) is 19.2 Å². The van der Waals surface area contributed by atoms with Gasteiger partial charge in [-0.05, 0) is 211 Å². The van der Waals surface area contributed by atoms with Gasteiger partial charge in [0.2, 0.25) is 11.6 Å². The molecule has 2 unspecified atom stereocenters. The van der Waals surface area contributed by atoms with Crippen molar-refractivity contribution in [2.75, 3.05) is 53.6 Å². The van der Waals surface area contributed by atoms with Gasteiger partial charge in [-0.1, -0.05) is 195 Å². The third-order valence-corrected chi connectivity index (χ3v) is 36.9. The molecule has 16 aliphatic carbocycles. The Hall–Kier alpha value is -4.04. The Bertz CT molecular complexity index is 4090. The van der Waals surface area contributed by atoms with Gasteiger partial charge in [0.15, 0.2) is 50.3 Å². The number of hydrogen-bond donors (Lipinski definition) is 8. The number of aliphatic hydroxyl groups excluding tert-OH is 6. The van der Waals surface area contributed by atoms with E-state index >= 15 is 0 Å². The van der Waals surface area contributed by atoms with Crippen LogP contribution in [0, 0.1) is 138 Å². The zero-order valence-corrected chi connectivity index (χ0v) is 73.8. The third-order valence-electron chi connectivity index (χ3n) is 36.9. The van der Waals surface area contributed by atoms with Crippen molar-refractivity contribution in [3.63, 3.8) is 0 Å². The number of allylic oxidation sites excluding steroid dienone is 16. The lowest BCUT2D eigenvalue weighted by atomic mass is 9.44. The minimum atomic E-state index is -1.57. The van der Waals surface area contributed by atoms with E-state index in [1.807, 2.05) is 26.0 Å². The first-order valence-electron chi connectivity index (χ1n) is 45.8. The van der Waals surface area contributed by atoms with E-state index in [-0.39, 0.29) is 131 Å². The van der Waals surface area contributed by atoms with Crippen molar-refractivity contribution in [1.29, 1.82) is 0 Å². The summed E-state index contributed by atoms with van der Waals surface area (Å²) in [5.41, 5.74) is -1.60. The van der Waals surface area contributed by atoms with Crippen molar-refractivity contribution >= 4 is 23.1 Å². The molecule has 16 fully saturated rings. The number of ketones is 4. The van der Waals surface area contributed by atoms with Crippen molar-refractivity contribution in [3.8, 4) is 0 Å².